The summed E-state index contributed by atoms with van der Waals surface area (Å²) in [6.45, 7) is 0. The molecule has 0 aromatic carbocycles. The molecule has 0 saturated carbocycles. The molecule has 0 aliphatic heterocycles. The predicted octanol–water partition coefficient (Wildman–Crippen LogP) is -1.95. The molecule has 0 N–H and O–H groups in total. The van der Waals surface area contributed by atoms with Crippen LogP contribution in [0.25, 0.3) is 0 Å². The molecule has 4 heavy (non-hydrogen) atoms. The van der Waals surface area contributed by atoms with E-state index in [-0.39, 0.29) is 107 Å². The minimum absolute atomic E-state index is 0. The maximum atomic E-state index is 0. The Morgan fingerprint density at radius 3 is 0.500 bits per heavy atom. The second-order valence-corrected chi connectivity index (χ2v) is 0. The first-order valence-electron chi connectivity index (χ1n) is 0. The van der Waals surface area contributed by atoms with Gasteiger partial charge < -0.3 is 0 Å². The van der Waals surface area contributed by atoms with Crippen LogP contribution >= 0.6 is 0 Å². The van der Waals surface area contributed by atoms with Crippen LogP contribution < -0.4 is 0 Å². The summed E-state index contributed by atoms with van der Waals surface area (Å²) in [7, 11) is 0. The maximum absolute atomic E-state index is 0. The molecule has 1 radical (unpaired) electrons. The molecule has 0 amide bonds. The smallest absolute Gasteiger partial charge is 0 e. The minimum atomic E-state index is 0. The molecule has 0 aliphatic rings. The van der Waals surface area contributed by atoms with E-state index in [1.165, 1.54) is 0 Å². The quantitative estimate of drug-likeness (QED) is 0.328. The number of rotatable bonds is 0. The van der Waals surface area contributed by atoms with E-state index < -0.39 is 0 Å². The Kier molecular flexibility index (Phi) is 102. The van der Waals surface area contributed by atoms with E-state index in [2.05, 4.69) is 0 Å². The fourth-order valence-corrected chi connectivity index (χ4v) is 0. The SMILES string of the molecule is [NaH].[NaH].[NaH].[V]. The molecule has 11 valence electrons. The zero-order valence-electron chi connectivity index (χ0n) is 0.447. The van der Waals surface area contributed by atoms with E-state index in [0.717, 1.165) is 0 Å². The zero-order chi connectivity index (χ0) is 0. The van der Waals surface area contributed by atoms with Crippen molar-refractivity contribution in [3.8, 4) is 0 Å². The van der Waals surface area contributed by atoms with Crippen molar-refractivity contribution in [2.24, 2.45) is 0 Å². The molecule has 0 spiro atoms. The molecule has 0 unspecified atom stereocenters. The first-order valence-corrected chi connectivity index (χ1v) is 0. The molecule has 0 aromatic rings. The average molecular weight is 123 g/mol. The van der Waals surface area contributed by atoms with E-state index in [9.17, 15) is 0 Å². The van der Waals surface area contributed by atoms with Gasteiger partial charge in [0, 0.05) is 18.6 Å². The summed E-state index contributed by atoms with van der Waals surface area (Å²) in [5, 5.41) is 0. The van der Waals surface area contributed by atoms with E-state index >= 15 is 0 Å². The summed E-state index contributed by atoms with van der Waals surface area (Å²) in [6.07, 6.45) is 0. The summed E-state index contributed by atoms with van der Waals surface area (Å²) in [5.74, 6) is 0. The fraction of sp³-hybridized carbons (Fsp3) is 0. The first-order chi connectivity index (χ1) is 0. The second kappa shape index (κ2) is 16.0. The van der Waals surface area contributed by atoms with Crippen LogP contribution in [0.5, 0.6) is 0 Å². The van der Waals surface area contributed by atoms with Crippen molar-refractivity contribution in [1.82, 2.24) is 0 Å². The molecule has 0 bridgehead atoms. The van der Waals surface area contributed by atoms with Crippen LogP contribution in [0.4, 0.5) is 0 Å². The minimum Gasteiger partial charge on any atom is 0 e. The molecule has 0 rings (SSSR count). The average Bonchev–Trinajstić information content (AvgIpc) is 0. The Morgan fingerprint density at radius 1 is 0.500 bits per heavy atom. The van der Waals surface area contributed by atoms with Gasteiger partial charge >= 0.3 is 88.7 Å². The number of hydrogen-bond acceptors (Lipinski definition) is 0. The summed E-state index contributed by atoms with van der Waals surface area (Å²) in [4.78, 5) is 0. The van der Waals surface area contributed by atoms with Gasteiger partial charge in [-0.25, -0.2) is 0 Å². The standard InChI is InChI=1S/3Na.V.3H. The van der Waals surface area contributed by atoms with Crippen molar-refractivity contribution in [2.45, 2.75) is 0 Å². The van der Waals surface area contributed by atoms with Crippen LogP contribution in [-0.2, 0) is 18.6 Å². The van der Waals surface area contributed by atoms with Gasteiger partial charge in [0.25, 0.3) is 0 Å². The molecule has 4 heteroatoms. The first kappa shape index (κ1) is 25.6. The van der Waals surface area contributed by atoms with Gasteiger partial charge in [-0.05, 0) is 0 Å². The van der Waals surface area contributed by atoms with E-state index in [1.807, 2.05) is 0 Å². The van der Waals surface area contributed by atoms with Gasteiger partial charge in [0.15, 0.2) is 0 Å². The van der Waals surface area contributed by atoms with E-state index in [0.29, 0.717) is 0 Å². The molecule has 0 aliphatic carbocycles. The fourth-order valence-electron chi connectivity index (χ4n) is 0. The molecular weight excluding hydrogens is 120 g/mol. The molecular formula is H3Na3V. The van der Waals surface area contributed by atoms with E-state index in [4.69, 9.17) is 0 Å². The summed E-state index contributed by atoms with van der Waals surface area (Å²) in [6, 6.07) is 0. The zero-order valence-corrected chi connectivity index (χ0v) is 1.84. The van der Waals surface area contributed by atoms with Crippen molar-refractivity contribution >= 4 is 88.7 Å². The predicted molar refractivity (Wildman–Crippen MR) is 21.4 cm³/mol. The van der Waals surface area contributed by atoms with Crippen molar-refractivity contribution in [2.75, 3.05) is 0 Å². The third-order valence-corrected chi connectivity index (χ3v) is 0. The van der Waals surface area contributed by atoms with Gasteiger partial charge in [0.2, 0.25) is 0 Å². The molecule has 0 nitrogen and oxygen atoms in total. The van der Waals surface area contributed by atoms with Crippen LogP contribution in [0.3, 0.4) is 0 Å². The summed E-state index contributed by atoms with van der Waals surface area (Å²) >= 11 is 0. The second-order valence-electron chi connectivity index (χ2n) is 0. The summed E-state index contributed by atoms with van der Waals surface area (Å²) in [5.41, 5.74) is 0. The Morgan fingerprint density at radius 2 is 0.500 bits per heavy atom. The van der Waals surface area contributed by atoms with Crippen LogP contribution in [-0.4, -0.2) is 88.7 Å². The largest absolute Gasteiger partial charge is 0 e. The summed E-state index contributed by atoms with van der Waals surface area (Å²) < 4.78 is 0. The monoisotopic (exact) mass is 123 g/mol. The van der Waals surface area contributed by atoms with Crippen LogP contribution in [0.2, 0.25) is 0 Å². The third kappa shape index (κ3) is 9.14. The van der Waals surface area contributed by atoms with Crippen molar-refractivity contribution < 1.29 is 18.6 Å². The van der Waals surface area contributed by atoms with E-state index in [1.54, 1.807) is 0 Å². The normalized spacial score (nSPS) is 0. The van der Waals surface area contributed by atoms with Crippen molar-refractivity contribution in [3.63, 3.8) is 0 Å². The Hall–Kier alpha value is 3.58. The Bertz CT molecular complexity index is 3.25. The van der Waals surface area contributed by atoms with Crippen LogP contribution in [0.15, 0.2) is 0 Å². The van der Waals surface area contributed by atoms with Gasteiger partial charge in [-0.1, -0.05) is 0 Å². The molecule has 0 aromatic heterocycles. The Labute approximate surface area is 105 Å². The molecule has 0 fully saturated rings. The van der Waals surface area contributed by atoms with Crippen molar-refractivity contribution in [1.29, 1.82) is 0 Å². The van der Waals surface area contributed by atoms with Gasteiger partial charge in [-0.3, -0.25) is 0 Å². The number of hydrogen-bond donors (Lipinski definition) is 0. The topological polar surface area (TPSA) is 0 Å². The third-order valence-electron chi connectivity index (χ3n) is 0. The molecule has 0 heterocycles. The molecule has 0 saturated heterocycles. The van der Waals surface area contributed by atoms with Crippen molar-refractivity contribution in [3.05, 3.63) is 0 Å². The Balaban J connectivity index is 0. The van der Waals surface area contributed by atoms with Crippen LogP contribution in [0, 0.1) is 0 Å². The van der Waals surface area contributed by atoms with Gasteiger partial charge in [-0.2, -0.15) is 0 Å². The van der Waals surface area contributed by atoms with Gasteiger partial charge in [-0.15, -0.1) is 0 Å². The van der Waals surface area contributed by atoms with Crippen LogP contribution in [0.1, 0.15) is 0 Å². The molecule has 0 atom stereocenters. The maximum Gasteiger partial charge on any atom is 0 e. The van der Waals surface area contributed by atoms with Gasteiger partial charge in [0.1, 0.15) is 0 Å². The van der Waals surface area contributed by atoms with Gasteiger partial charge in [0.05, 0.1) is 0 Å².